The third kappa shape index (κ3) is 3.00. The molecule has 1 heterocycles. The molecule has 2 fully saturated rings. The van der Waals surface area contributed by atoms with E-state index in [-0.39, 0.29) is 5.91 Å². The van der Waals surface area contributed by atoms with Crippen molar-refractivity contribution in [3.05, 3.63) is 0 Å². The summed E-state index contributed by atoms with van der Waals surface area (Å²) in [6.45, 7) is 1.67. The molecule has 18 heavy (non-hydrogen) atoms. The molecule has 0 unspecified atom stereocenters. The van der Waals surface area contributed by atoms with Crippen molar-refractivity contribution in [1.29, 1.82) is 5.26 Å². The number of nitrogens with zero attached hydrogens (tertiary/aromatic N) is 2. The van der Waals surface area contributed by atoms with E-state index in [0.29, 0.717) is 0 Å². The van der Waals surface area contributed by atoms with Gasteiger partial charge in [0.05, 0.1) is 6.07 Å². The van der Waals surface area contributed by atoms with Crippen LogP contribution >= 0.6 is 11.8 Å². The third-order valence-corrected chi connectivity index (χ3v) is 5.14. The van der Waals surface area contributed by atoms with Gasteiger partial charge in [-0.2, -0.15) is 17.0 Å². The SMILES string of the molecule is N#CC1(C(=O)N2CCCSCC2)CCCCCC1. The van der Waals surface area contributed by atoms with E-state index in [1.165, 1.54) is 12.8 Å². The lowest BCUT2D eigenvalue weighted by Gasteiger charge is -2.31. The maximum atomic E-state index is 12.7. The number of thioether (sulfide) groups is 1. The summed E-state index contributed by atoms with van der Waals surface area (Å²) in [7, 11) is 0. The highest BCUT2D eigenvalue weighted by atomic mass is 32.2. The molecule has 0 aromatic heterocycles. The fourth-order valence-corrected chi connectivity index (χ4v) is 3.84. The zero-order chi connectivity index (χ0) is 12.8. The van der Waals surface area contributed by atoms with Gasteiger partial charge in [-0.05, 0) is 25.0 Å². The van der Waals surface area contributed by atoms with Gasteiger partial charge in [0, 0.05) is 18.8 Å². The Balaban J connectivity index is 2.10. The van der Waals surface area contributed by atoms with Gasteiger partial charge in [0.15, 0.2) is 0 Å². The van der Waals surface area contributed by atoms with Crippen LogP contribution in [0.2, 0.25) is 0 Å². The standard InChI is InChI=1S/C14H22N2OS/c15-12-14(6-3-1-2-4-7-14)13(17)16-8-5-10-18-11-9-16/h1-11H2. The predicted octanol–water partition coefficient (Wildman–Crippen LogP) is 2.82. The molecule has 0 spiro atoms. The van der Waals surface area contributed by atoms with Crippen molar-refractivity contribution in [1.82, 2.24) is 4.90 Å². The van der Waals surface area contributed by atoms with Gasteiger partial charge in [0.1, 0.15) is 5.41 Å². The molecule has 100 valence electrons. The second-order valence-corrected chi connectivity index (χ2v) is 6.59. The van der Waals surface area contributed by atoms with Gasteiger partial charge in [-0.15, -0.1) is 0 Å². The summed E-state index contributed by atoms with van der Waals surface area (Å²) in [4.78, 5) is 14.7. The van der Waals surface area contributed by atoms with Crippen molar-refractivity contribution in [2.75, 3.05) is 24.6 Å². The maximum absolute atomic E-state index is 12.7. The summed E-state index contributed by atoms with van der Waals surface area (Å²) < 4.78 is 0. The molecule has 0 aromatic carbocycles. The first-order valence-electron chi connectivity index (χ1n) is 7.07. The number of amides is 1. The molecule has 0 atom stereocenters. The lowest BCUT2D eigenvalue weighted by atomic mass is 9.80. The van der Waals surface area contributed by atoms with Crippen LogP contribution in [0.4, 0.5) is 0 Å². The van der Waals surface area contributed by atoms with Gasteiger partial charge in [0.25, 0.3) is 0 Å². The van der Waals surface area contributed by atoms with E-state index in [1.807, 2.05) is 16.7 Å². The molecule has 0 N–H and O–H groups in total. The summed E-state index contributed by atoms with van der Waals surface area (Å²) in [6, 6.07) is 2.38. The average Bonchev–Trinajstić information content (AvgIpc) is 2.81. The smallest absolute Gasteiger partial charge is 0.243 e. The van der Waals surface area contributed by atoms with E-state index < -0.39 is 5.41 Å². The van der Waals surface area contributed by atoms with Gasteiger partial charge in [-0.3, -0.25) is 4.79 Å². The summed E-state index contributed by atoms with van der Waals surface area (Å²) in [5, 5.41) is 9.54. The number of carbonyl (C=O) groups excluding carboxylic acids is 1. The second kappa shape index (κ2) is 6.47. The van der Waals surface area contributed by atoms with Crippen LogP contribution in [0.3, 0.4) is 0 Å². The van der Waals surface area contributed by atoms with Crippen molar-refractivity contribution in [2.24, 2.45) is 5.41 Å². The Morgan fingerprint density at radius 1 is 1.06 bits per heavy atom. The van der Waals surface area contributed by atoms with Crippen molar-refractivity contribution in [2.45, 2.75) is 44.9 Å². The minimum atomic E-state index is -0.703. The number of hydrogen-bond acceptors (Lipinski definition) is 3. The minimum absolute atomic E-state index is 0.120. The van der Waals surface area contributed by atoms with Crippen LogP contribution in [-0.2, 0) is 4.79 Å². The number of carbonyl (C=O) groups is 1. The van der Waals surface area contributed by atoms with Gasteiger partial charge in [-0.25, -0.2) is 0 Å². The number of rotatable bonds is 1. The Morgan fingerprint density at radius 3 is 2.44 bits per heavy atom. The molecule has 0 radical (unpaired) electrons. The molecule has 1 amide bonds. The quantitative estimate of drug-likeness (QED) is 0.685. The van der Waals surface area contributed by atoms with E-state index in [1.54, 1.807) is 0 Å². The van der Waals surface area contributed by atoms with Crippen molar-refractivity contribution >= 4 is 17.7 Å². The van der Waals surface area contributed by atoms with Gasteiger partial charge >= 0.3 is 0 Å². The van der Waals surface area contributed by atoms with Crippen molar-refractivity contribution in [3.63, 3.8) is 0 Å². The average molecular weight is 266 g/mol. The van der Waals surface area contributed by atoms with E-state index in [2.05, 4.69) is 6.07 Å². The van der Waals surface area contributed by atoms with Crippen molar-refractivity contribution in [3.8, 4) is 6.07 Å². The highest BCUT2D eigenvalue weighted by molar-refractivity contribution is 7.99. The lowest BCUT2D eigenvalue weighted by Crippen LogP contribution is -2.44. The van der Waals surface area contributed by atoms with Crippen LogP contribution in [0.25, 0.3) is 0 Å². The molecule has 1 saturated heterocycles. The molecule has 1 saturated carbocycles. The van der Waals surface area contributed by atoms with Crippen LogP contribution in [0.15, 0.2) is 0 Å². The Kier molecular flexibility index (Phi) is 4.94. The molecule has 2 aliphatic rings. The Bertz CT molecular complexity index is 321. The Morgan fingerprint density at radius 2 is 1.78 bits per heavy atom. The van der Waals surface area contributed by atoms with Crippen LogP contribution < -0.4 is 0 Å². The van der Waals surface area contributed by atoms with E-state index in [9.17, 15) is 10.1 Å². The van der Waals surface area contributed by atoms with E-state index in [4.69, 9.17) is 0 Å². The third-order valence-electron chi connectivity index (χ3n) is 4.09. The number of nitriles is 1. The van der Waals surface area contributed by atoms with Crippen LogP contribution in [0.1, 0.15) is 44.9 Å². The Labute approximate surface area is 114 Å². The van der Waals surface area contributed by atoms with Crippen LogP contribution in [-0.4, -0.2) is 35.4 Å². The zero-order valence-corrected chi connectivity index (χ0v) is 11.8. The fourth-order valence-electron chi connectivity index (χ4n) is 2.96. The molecule has 0 bridgehead atoms. The Hall–Kier alpha value is -0.690. The molecule has 0 aromatic rings. The van der Waals surface area contributed by atoms with Crippen LogP contribution in [0, 0.1) is 16.7 Å². The monoisotopic (exact) mass is 266 g/mol. The molecule has 2 rings (SSSR count). The molecule has 1 aliphatic heterocycles. The van der Waals surface area contributed by atoms with E-state index in [0.717, 1.165) is 56.7 Å². The summed E-state index contributed by atoms with van der Waals surface area (Å²) >= 11 is 1.92. The topological polar surface area (TPSA) is 44.1 Å². The highest BCUT2D eigenvalue weighted by Gasteiger charge is 2.41. The minimum Gasteiger partial charge on any atom is -0.340 e. The largest absolute Gasteiger partial charge is 0.340 e. The predicted molar refractivity (Wildman–Crippen MR) is 74.3 cm³/mol. The van der Waals surface area contributed by atoms with Gasteiger partial charge in [0.2, 0.25) is 5.91 Å². The summed E-state index contributed by atoms with van der Waals surface area (Å²) in [5.41, 5.74) is -0.703. The van der Waals surface area contributed by atoms with Gasteiger partial charge < -0.3 is 4.90 Å². The molecule has 3 nitrogen and oxygen atoms in total. The molecular formula is C14H22N2OS. The molecule has 4 heteroatoms. The molecular weight excluding hydrogens is 244 g/mol. The van der Waals surface area contributed by atoms with Crippen LogP contribution in [0.5, 0.6) is 0 Å². The first-order valence-corrected chi connectivity index (χ1v) is 8.22. The van der Waals surface area contributed by atoms with Crippen molar-refractivity contribution < 1.29 is 4.79 Å². The zero-order valence-electron chi connectivity index (χ0n) is 11.0. The molecule has 1 aliphatic carbocycles. The summed E-state index contributed by atoms with van der Waals surface area (Å²) in [5.74, 6) is 2.28. The first kappa shape index (κ1) is 13.7. The normalized spacial score (nSPS) is 24.7. The number of hydrogen-bond donors (Lipinski definition) is 0. The summed E-state index contributed by atoms with van der Waals surface area (Å²) in [6.07, 6.45) is 7.01. The first-order chi connectivity index (χ1) is 8.78. The second-order valence-electron chi connectivity index (χ2n) is 5.37. The van der Waals surface area contributed by atoms with Gasteiger partial charge in [-0.1, -0.05) is 25.7 Å². The van der Waals surface area contributed by atoms with E-state index >= 15 is 0 Å². The maximum Gasteiger partial charge on any atom is 0.243 e. The fraction of sp³-hybridized carbons (Fsp3) is 0.857. The lowest BCUT2D eigenvalue weighted by molar-refractivity contribution is -0.139. The highest BCUT2D eigenvalue weighted by Crippen LogP contribution is 2.36.